The predicted molar refractivity (Wildman–Crippen MR) is 112 cm³/mol. The Bertz CT molecular complexity index is 985. The fourth-order valence-corrected chi connectivity index (χ4v) is 4.60. The lowest BCUT2D eigenvalue weighted by Gasteiger charge is -2.10. The molecule has 156 valence electrons. The monoisotopic (exact) mass is 415 g/mol. The van der Waals surface area contributed by atoms with E-state index in [1.807, 2.05) is 0 Å². The summed E-state index contributed by atoms with van der Waals surface area (Å²) in [5.74, 6) is 1.23. The van der Waals surface area contributed by atoms with Crippen LogP contribution in [0.15, 0.2) is 35.2 Å². The van der Waals surface area contributed by atoms with Crippen molar-refractivity contribution < 1.29 is 13.2 Å². The van der Waals surface area contributed by atoms with Gasteiger partial charge in [0.05, 0.1) is 28.8 Å². The average molecular weight is 416 g/mol. The Morgan fingerprint density at radius 1 is 1.14 bits per heavy atom. The quantitative estimate of drug-likeness (QED) is 0.682. The molecule has 2 aliphatic carbocycles. The van der Waals surface area contributed by atoms with Gasteiger partial charge < -0.3 is 5.32 Å². The highest BCUT2D eigenvalue weighted by Crippen LogP contribution is 2.44. The summed E-state index contributed by atoms with van der Waals surface area (Å²) in [5, 5.41) is 7.28. The Hall–Kier alpha value is -2.15. The molecule has 2 fully saturated rings. The number of carbonyl (C=O) groups excluding carboxylic acids is 1. The van der Waals surface area contributed by atoms with Crippen LogP contribution < -0.4 is 5.32 Å². The van der Waals surface area contributed by atoms with Gasteiger partial charge >= 0.3 is 0 Å². The largest absolute Gasteiger partial charge is 0.354 e. The number of aromatic nitrogens is 2. The Morgan fingerprint density at radius 2 is 1.79 bits per heavy atom. The number of rotatable bonds is 9. The van der Waals surface area contributed by atoms with Crippen LogP contribution in [0.1, 0.15) is 68.3 Å². The molecular weight excluding hydrogens is 386 g/mol. The maximum atomic E-state index is 12.3. The van der Waals surface area contributed by atoms with E-state index < -0.39 is 15.1 Å². The summed E-state index contributed by atoms with van der Waals surface area (Å²) in [6, 6.07) is 8.88. The van der Waals surface area contributed by atoms with Gasteiger partial charge in [0.25, 0.3) is 0 Å². The molecule has 2 aromatic rings. The van der Waals surface area contributed by atoms with E-state index in [-0.39, 0.29) is 12.3 Å². The summed E-state index contributed by atoms with van der Waals surface area (Å²) in [5.41, 5.74) is 3.34. The maximum absolute atomic E-state index is 12.3. The minimum absolute atomic E-state index is 0.0630. The zero-order valence-electron chi connectivity index (χ0n) is 17.1. The number of benzene rings is 1. The SMILES string of the molecule is CC(C)S(=O)(=O)c1ccc(CC(=O)NCCn2nc(C3CC3)cc2C2CC2)cc1. The summed E-state index contributed by atoms with van der Waals surface area (Å²) in [4.78, 5) is 12.6. The topological polar surface area (TPSA) is 81.1 Å². The smallest absolute Gasteiger partial charge is 0.224 e. The van der Waals surface area contributed by atoms with Crippen molar-refractivity contribution in [2.75, 3.05) is 6.54 Å². The van der Waals surface area contributed by atoms with Gasteiger partial charge in [-0.05, 0) is 63.3 Å². The normalized spacial score (nSPS) is 16.9. The molecular formula is C22H29N3O3S. The average Bonchev–Trinajstić information content (AvgIpc) is 3.61. The lowest BCUT2D eigenvalue weighted by Crippen LogP contribution is -2.29. The first kappa shape index (κ1) is 20.1. The molecule has 0 saturated heterocycles. The first-order chi connectivity index (χ1) is 13.8. The van der Waals surface area contributed by atoms with E-state index in [2.05, 4.69) is 16.1 Å². The third kappa shape index (κ3) is 4.71. The first-order valence-electron chi connectivity index (χ1n) is 10.5. The van der Waals surface area contributed by atoms with Gasteiger partial charge in [-0.2, -0.15) is 5.10 Å². The van der Waals surface area contributed by atoms with Crippen LogP contribution in [0.5, 0.6) is 0 Å². The molecule has 29 heavy (non-hydrogen) atoms. The molecule has 1 aromatic heterocycles. The maximum Gasteiger partial charge on any atom is 0.224 e. The minimum Gasteiger partial charge on any atom is -0.354 e. The van der Waals surface area contributed by atoms with Crippen molar-refractivity contribution in [3.63, 3.8) is 0 Å². The molecule has 1 heterocycles. The Morgan fingerprint density at radius 3 is 2.38 bits per heavy atom. The lowest BCUT2D eigenvalue weighted by molar-refractivity contribution is -0.120. The van der Waals surface area contributed by atoms with Crippen LogP contribution in [0.25, 0.3) is 0 Å². The standard InChI is InChI=1S/C22H29N3O3S/c1-15(2)29(27,28)19-9-3-16(4-10-19)13-22(26)23-11-12-25-21(18-7-8-18)14-20(24-25)17-5-6-17/h3-4,9-10,14-15,17-18H,5-8,11-13H2,1-2H3,(H,23,26). The second-order valence-electron chi connectivity index (χ2n) is 8.53. The van der Waals surface area contributed by atoms with Gasteiger partial charge in [0.1, 0.15) is 0 Å². The molecule has 2 aliphatic rings. The van der Waals surface area contributed by atoms with Gasteiger partial charge in [0.15, 0.2) is 9.84 Å². The fraction of sp³-hybridized carbons (Fsp3) is 0.545. The van der Waals surface area contributed by atoms with E-state index in [4.69, 9.17) is 5.10 Å². The number of sulfone groups is 1. The van der Waals surface area contributed by atoms with Crippen LogP contribution in [-0.2, 0) is 27.6 Å². The molecule has 2 saturated carbocycles. The molecule has 1 N–H and O–H groups in total. The van der Waals surface area contributed by atoms with Gasteiger partial charge in [-0.1, -0.05) is 12.1 Å². The summed E-state index contributed by atoms with van der Waals surface area (Å²) in [7, 11) is -3.28. The zero-order chi connectivity index (χ0) is 20.6. The van der Waals surface area contributed by atoms with Crippen molar-refractivity contribution in [3.8, 4) is 0 Å². The van der Waals surface area contributed by atoms with Gasteiger partial charge in [-0.25, -0.2) is 8.42 Å². The highest BCUT2D eigenvalue weighted by atomic mass is 32.2. The molecule has 0 spiro atoms. The van der Waals surface area contributed by atoms with E-state index in [0.29, 0.717) is 29.8 Å². The third-order valence-electron chi connectivity index (χ3n) is 5.70. The van der Waals surface area contributed by atoms with Crippen LogP contribution in [-0.4, -0.2) is 35.9 Å². The van der Waals surface area contributed by atoms with Crippen LogP contribution in [0.3, 0.4) is 0 Å². The van der Waals surface area contributed by atoms with E-state index in [1.54, 1.807) is 38.1 Å². The molecule has 0 atom stereocenters. The summed E-state index contributed by atoms with van der Waals surface area (Å²) >= 11 is 0. The zero-order valence-corrected chi connectivity index (χ0v) is 17.9. The summed E-state index contributed by atoms with van der Waals surface area (Å²) in [6.07, 6.45) is 5.21. The van der Waals surface area contributed by atoms with E-state index in [1.165, 1.54) is 37.1 Å². The van der Waals surface area contributed by atoms with Crippen molar-refractivity contribution in [2.24, 2.45) is 0 Å². The first-order valence-corrected chi connectivity index (χ1v) is 12.1. The summed E-state index contributed by atoms with van der Waals surface area (Å²) < 4.78 is 26.4. The second kappa shape index (κ2) is 7.94. The number of hydrogen-bond donors (Lipinski definition) is 1. The molecule has 7 heteroatoms. The number of hydrogen-bond acceptors (Lipinski definition) is 4. The number of nitrogens with zero attached hydrogens (tertiary/aromatic N) is 2. The molecule has 1 amide bonds. The van der Waals surface area contributed by atoms with Gasteiger partial charge in [0, 0.05) is 24.1 Å². The number of amides is 1. The molecule has 4 rings (SSSR count). The predicted octanol–water partition coefficient (Wildman–Crippen LogP) is 3.18. The molecule has 0 bridgehead atoms. The molecule has 1 aromatic carbocycles. The van der Waals surface area contributed by atoms with Gasteiger partial charge in [-0.15, -0.1) is 0 Å². The van der Waals surface area contributed by atoms with E-state index >= 15 is 0 Å². The Balaban J connectivity index is 1.29. The van der Waals surface area contributed by atoms with Gasteiger partial charge in [-0.3, -0.25) is 9.48 Å². The van der Waals surface area contributed by atoms with Crippen LogP contribution in [0, 0.1) is 0 Å². The van der Waals surface area contributed by atoms with Crippen LogP contribution >= 0.6 is 0 Å². The van der Waals surface area contributed by atoms with E-state index in [9.17, 15) is 13.2 Å². The number of nitrogens with one attached hydrogen (secondary N) is 1. The summed E-state index contributed by atoms with van der Waals surface area (Å²) in [6.45, 7) is 4.57. The second-order valence-corrected chi connectivity index (χ2v) is 11.0. The lowest BCUT2D eigenvalue weighted by atomic mass is 10.1. The third-order valence-corrected chi connectivity index (χ3v) is 7.87. The Kier molecular flexibility index (Phi) is 5.51. The van der Waals surface area contributed by atoms with Crippen molar-refractivity contribution >= 4 is 15.7 Å². The van der Waals surface area contributed by atoms with Gasteiger partial charge in [0.2, 0.25) is 5.91 Å². The van der Waals surface area contributed by atoms with Crippen molar-refractivity contribution in [1.82, 2.24) is 15.1 Å². The highest BCUT2D eigenvalue weighted by Gasteiger charge is 2.32. The molecule has 0 aliphatic heterocycles. The van der Waals surface area contributed by atoms with Crippen LogP contribution in [0.2, 0.25) is 0 Å². The van der Waals surface area contributed by atoms with Crippen molar-refractivity contribution in [1.29, 1.82) is 0 Å². The molecule has 0 unspecified atom stereocenters. The minimum atomic E-state index is -3.28. The fourth-order valence-electron chi connectivity index (χ4n) is 3.54. The van der Waals surface area contributed by atoms with Crippen molar-refractivity contribution in [3.05, 3.63) is 47.3 Å². The van der Waals surface area contributed by atoms with E-state index in [0.717, 1.165) is 5.56 Å². The van der Waals surface area contributed by atoms with Crippen LogP contribution in [0.4, 0.5) is 0 Å². The number of carbonyl (C=O) groups is 1. The Labute approximate surface area is 172 Å². The molecule has 0 radical (unpaired) electrons. The molecule has 6 nitrogen and oxygen atoms in total. The van der Waals surface area contributed by atoms with Crippen molar-refractivity contribution in [2.45, 2.75) is 74.5 Å². The highest BCUT2D eigenvalue weighted by molar-refractivity contribution is 7.92.